The Morgan fingerprint density at radius 2 is 1.70 bits per heavy atom. The van der Waals surface area contributed by atoms with E-state index in [4.69, 9.17) is 0 Å². The molecule has 1 spiro atoms. The summed E-state index contributed by atoms with van der Waals surface area (Å²) in [6.07, 6.45) is 9.91. The minimum absolute atomic E-state index is 0.117. The highest BCUT2D eigenvalue weighted by Crippen LogP contribution is 2.62. The second-order valence-corrected chi connectivity index (χ2v) is 9.93. The lowest BCUT2D eigenvalue weighted by Gasteiger charge is -2.45. The number of likely N-dealkylation sites (tertiary alicyclic amines) is 3. The van der Waals surface area contributed by atoms with Gasteiger partial charge >= 0.3 is 0 Å². The lowest BCUT2D eigenvalue weighted by atomic mass is 9.65. The quantitative estimate of drug-likeness (QED) is 0.769. The number of nitrogens with zero attached hydrogens (tertiary/aromatic N) is 4. The maximum absolute atomic E-state index is 13.7. The molecule has 0 bridgehead atoms. The molecule has 1 aliphatic carbocycles. The Morgan fingerprint density at radius 3 is 2.37 bits per heavy atom. The van der Waals surface area contributed by atoms with Crippen molar-refractivity contribution in [2.75, 3.05) is 45.8 Å². The summed E-state index contributed by atoms with van der Waals surface area (Å²) in [6.45, 7) is 8.72. The number of aromatic nitrogens is 1. The molecule has 4 aliphatic rings. The van der Waals surface area contributed by atoms with E-state index in [-0.39, 0.29) is 16.7 Å². The zero-order valence-corrected chi connectivity index (χ0v) is 18.2. The summed E-state index contributed by atoms with van der Waals surface area (Å²) < 4.78 is 0. The second-order valence-electron chi connectivity index (χ2n) is 9.93. The molecule has 0 radical (unpaired) electrons. The monoisotopic (exact) mass is 410 g/mol. The van der Waals surface area contributed by atoms with Crippen molar-refractivity contribution in [3.05, 3.63) is 30.1 Å². The molecular formula is C24H34N4O2. The Balaban J connectivity index is 1.34. The fraction of sp³-hybridized carbons (Fsp3) is 0.708. The molecule has 1 saturated carbocycles. The number of carbonyl (C=O) groups is 2. The van der Waals surface area contributed by atoms with Gasteiger partial charge in [0.25, 0.3) is 5.91 Å². The van der Waals surface area contributed by atoms with E-state index in [0.717, 1.165) is 89.9 Å². The van der Waals surface area contributed by atoms with Crippen molar-refractivity contribution in [2.45, 2.75) is 45.4 Å². The van der Waals surface area contributed by atoms with Crippen LogP contribution in [-0.4, -0.2) is 77.3 Å². The highest BCUT2D eigenvalue weighted by atomic mass is 16.2. The third-order valence-electron chi connectivity index (χ3n) is 8.66. The van der Waals surface area contributed by atoms with Crippen LogP contribution in [0.15, 0.2) is 24.5 Å². The fourth-order valence-corrected chi connectivity index (χ4v) is 6.92. The Kier molecular flexibility index (Phi) is 5.08. The van der Waals surface area contributed by atoms with Crippen LogP contribution < -0.4 is 0 Å². The van der Waals surface area contributed by atoms with Gasteiger partial charge in [0, 0.05) is 57.2 Å². The van der Waals surface area contributed by atoms with Crippen LogP contribution in [0.25, 0.3) is 0 Å². The molecule has 0 unspecified atom stereocenters. The van der Waals surface area contributed by atoms with E-state index < -0.39 is 0 Å². The number of piperidine rings is 1. The molecule has 5 rings (SSSR count). The van der Waals surface area contributed by atoms with E-state index in [2.05, 4.69) is 21.7 Å². The predicted molar refractivity (Wildman–Crippen MR) is 115 cm³/mol. The zero-order valence-electron chi connectivity index (χ0n) is 18.2. The molecule has 0 N–H and O–H groups in total. The molecule has 6 heteroatoms. The van der Waals surface area contributed by atoms with Crippen molar-refractivity contribution >= 4 is 11.8 Å². The fourth-order valence-electron chi connectivity index (χ4n) is 6.92. The summed E-state index contributed by atoms with van der Waals surface area (Å²) in [7, 11) is 0. The highest BCUT2D eigenvalue weighted by Gasteiger charge is 2.64. The van der Waals surface area contributed by atoms with Crippen molar-refractivity contribution < 1.29 is 9.59 Å². The largest absolute Gasteiger partial charge is 0.342 e. The van der Waals surface area contributed by atoms with Crippen molar-refractivity contribution in [1.82, 2.24) is 19.7 Å². The van der Waals surface area contributed by atoms with E-state index in [1.165, 1.54) is 0 Å². The van der Waals surface area contributed by atoms with Crippen molar-refractivity contribution in [1.29, 1.82) is 0 Å². The first kappa shape index (κ1) is 20.0. The molecule has 30 heavy (non-hydrogen) atoms. The first-order chi connectivity index (χ1) is 14.6. The lowest BCUT2D eigenvalue weighted by molar-refractivity contribution is -0.142. The average molecular weight is 411 g/mol. The summed E-state index contributed by atoms with van der Waals surface area (Å²) >= 11 is 0. The van der Waals surface area contributed by atoms with Crippen LogP contribution in [0.3, 0.4) is 0 Å². The van der Waals surface area contributed by atoms with E-state index in [0.29, 0.717) is 11.8 Å². The van der Waals surface area contributed by atoms with Gasteiger partial charge in [0.2, 0.25) is 5.91 Å². The highest BCUT2D eigenvalue weighted by molar-refractivity contribution is 5.94. The number of amides is 2. The molecular weight excluding hydrogens is 376 g/mol. The van der Waals surface area contributed by atoms with Crippen LogP contribution in [0, 0.1) is 16.7 Å². The second kappa shape index (κ2) is 7.63. The molecule has 3 aliphatic heterocycles. The predicted octanol–water partition coefficient (Wildman–Crippen LogP) is 2.66. The van der Waals surface area contributed by atoms with Gasteiger partial charge < -0.3 is 14.7 Å². The third-order valence-corrected chi connectivity index (χ3v) is 8.66. The topological polar surface area (TPSA) is 56.8 Å². The van der Waals surface area contributed by atoms with Crippen molar-refractivity contribution in [3.63, 3.8) is 0 Å². The Bertz CT molecular complexity index is 799. The number of hydrogen-bond acceptors (Lipinski definition) is 4. The summed E-state index contributed by atoms with van der Waals surface area (Å²) in [5.41, 5.74) is 0.760. The maximum Gasteiger partial charge on any atom is 0.253 e. The average Bonchev–Trinajstić information content (AvgIpc) is 3.52. The minimum atomic E-state index is -0.183. The number of rotatable bonds is 3. The van der Waals surface area contributed by atoms with Crippen molar-refractivity contribution in [2.24, 2.45) is 16.7 Å². The van der Waals surface area contributed by atoms with Gasteiger partial charge in [-0.2, -0.15) is 0 Å². The van der Waals surface area contributed by atoms with Gasteiger partial charge in [-0.15, -0.1) is 0 Å². The molecule has 162 valence electrons. The summed E-state index contributed by atoms with van der Waals surface area (Å²) in [5, 5.41) is 0. The number of carbonyl (C=O) groups excluding carboxylic acids is 2. The van der Waals surface area contributed by atoms with Gasteiger partial charge in [0.1, 0.15) is 0 Å². The van der Waals surface area contributed by atoms with Crippen LogP contribution in [0.4, 0.5) is 0 Å². The van der Waals surface area contributed by atoms with E-state index >= 15 is 0 Å². The summed E-state index contributed by atoms with van der Waals surface area (Å²) in [6, 6.07) is 3.61. The summed E-state index contributed by atoms with van der Waals surface area (Å²) in [5.74, 6) is 0.996. The molecule has 4 fully saturated rings. The Labute approximate surface area is 179 Å². The minimum Gasteiger partial charge on any atom is -0.342 e. The number of pyridine rings is 1. The first-order valence-corrected chi connectivity index (χ1v) is 11.8. The van der Waals surface area contributed by atoms with Crippen LogP contribution >= 0.6 is 0 Å². The van der Waals surface area contributed by atoms with Gasteiger partial charge in [-0.25, -0.2) is 0 Å². The molecule has 2 amide bonds. The Hall–Kier alpha value is -1.95. The van der Waals surface area contributed by atoms with E-state index in [1.54, 1.807) is 24.5 Å². The molecule has 0 aromatic carbocycles. The lowest BCUT2D eigenvalue weighted by Crippen LogP contribution is -2.50. The molecule has 6 nitrogen and oxygen atoms in total. The molecule has 4 heterocycles. The zero-order chi connectivity index (χ0) is 20.8. The smallest absolute Gasteiger partial charge is 0.253 e. The van der Waals surface area contributed by atoms with Gasteiger partial charge in [-0.3, -0.25) is 14.6 Å². The van der Waals surface area contributed by atoms with E-state index in [1.807, 2.05) is 4.90 Å². The van der Waals surface area contributed by atoms with E-state index in [9.17, 15) is 9.59 Å². The number of hydrogen-bond donors (Lipinski definition) is 0. The first-order valence-electron chi connectivity index (χ1n) is 11.8. The normalized spacial score (nSPS) is 30.8. The standard InChI is InChI=1S/C24H34N4O2/c1-2-26-17-20-23(7-8-24(20,18-26)22(30)28-13-3-4-14-28)9-15-27(16-10-23)21(29)19-5-11-25-12-6-19/h5-6,11-12,20H,2-4,7-10,13-18H2,1H3/t20-,24+/m0/s1. The summed E-state index contributed by atoms with van der Waals surface area (Å²) in [4.78, 5) is 37.3. The van der Waals surface area contributed by atoms with Crippen LogP contribution in [0.5, 0.6) is 0 Å². The van der Waals surface area contributed by atoms with Gasteiger partial charge in [0.15, 0.2) is 0 Å². The van der Waals surface area contributed by atoms with Gasteiger partial charge in [0.05, 0.1) is 5.41 Å². The van der Waals surface area contributed by atoms with Gasteiger partial charge in [-0.05, 0) is 68.5 Å². The molecule has 1 aromatic rings. The molecule has 1 aromatic heterocycles. The maximum atomic E-state index is 13.7. The van der Waals surface area contributed by atoms with Crippen LogP contribution in [0.2, 0.25) is 0 Å². The molecule has 3 saturated heterocycles. The van der Waals surface area contributed by atoms with Crippen molar-refractivity contribution in [3.8, 4) is 0 Å². The third kappa shape index (κ3) is 3.06. The van der Waals surface area contributed by atoms with Crippen LogP contribution in [-0.2, 0) is 4.79 Å². The van der Waals surface area contributed by atoms with Gasteiger partial charge in [-0.1, -0.05) is 6.92 Å². The SMILES string of the molecule is CCN1C[C@H]2C3(CCN(C(=O)c4ccncc4)CC3)CC[C@@]2(C(=O)N2CCCC2)C1. The Morgan fingerprint density at radius 1 is 1.00 bits per heavy atom. The molecule has 2 atom stereocenters. The van der Waals surface area contributed by atoms with Crippen LogP contribution in [0.1, 0.15) is 55.8 Å². The number of fused-ring (bicyclic) bond motifs is 2.